The molecule has 3 N–H and O–H groups in total. The summed E-state index contributed by atoms with van der Waals surface area (Å²) in [5.41, 5.74) is 5.74. The van der Waals surface area contributed by atoms with E-state index in [0.29, 0.717) is 29.9 Å². The zero-order valence-electron chi connectivity index (χ0n) is 9.71. The Kier molecular flexibility index (Phi) is 5.64. The van der Waals surface area contributed by atoms with Crippen molar-refractivity contribution in [1.29, 1.82) is 0 Å². The molecule has 0 saturated heterocycles. The Morgan fingerprint density at radius 2 is 2.06 bits per heavy atom. The maximum Gasteiger partial charge on any atom is 0.224 e. The average molecular weight is 272 g/mol. The van der Waals surface area contributed by atoms with Gasteiger partial charge in [-0.1, -0.05) is 18.3 Å². The monoisotopic (exact) mass is 272 g/mol. The summed E-state index contributed by atoms with van der Waals surface area (Å²) in [7, 11) is 0. The fourth-order valence-electron chi connectivity index (χ4n) is 1.39. The van der Waals surface area contributed by atoms with Crippen molar-refractivity contribution in [2.75, 3.05) is 6.54 Å². The number of nitrogens with one attached hydrogen (secondary N) is 1. The zero-order valence-corrected chi connectivity index (χ0v) is 10.5. The Morgan fingerprint density at radius 3 is 2.67 bits per heavy atom. The van der Waals surface area contributed by atoms with Crippen molar-refractivity contribution in [2.45, 2.75) is 19.3 Å². The summed E-state index contributed by atoms with van der Waals surface area (Å²) in [6, 6.07) is 3.40. The second-order valence-electron chi connectivity index (χ2n) is 3.85. The van der Waals surface area contributed by atoms with Crippen molar-refractivity contribution in [3.8, 4) is 0 Å². The summed E-state index contributed by atoms with van der Waals surface area (Å²) >= 11 is 4.69. The lowest BCUT2D eigenvalue weighted by molar-refractivity contribution is -0.120. The molecule has 0 bridgehead atoms. The Bertz CT molecular complexity index is 452. The number of carbonyl (C=O) groups excluding carboxylic acids is 1. The van der Waals surface area contributed by atoms with E-state index in [1.54, 1.807) is 0 Å². The summed E-state index contributed by atoms with van der Waals surface area (Å²) in [6.45, 7) is 0.458. The van der Waals surface area contributed by atoms with Crippen LogP contribution in [0.2, 0.25) is 0 Å². The van der Waals surface area contributed by atoms with Crippen LogP contribution in [0.25, 0.3) is 0 Å². The molecule has 0 radical (unpaired) electrons. The molecule has 0 atom stereocenters. The molecule has 0 aliphatic heterocycles. The van der Waals surface area contributed by atoms with Crippen molar-refractivity contribution in [3.63, 3.8) is 0 Å². The van der Waals surface area contributed by atoms with Gasteiger partial charge >= 0.3 is 0 Å². The van der Waals surface area contributed by atoms with Crippen LogP contribution in [-0.2, 0) is 11.2 Å². The first-order valence-electron chi connectivity index (χ1n) is 5.48. The number of halogens is 2. The number of benzene rings is 1. The van der Waals surface area contributed by atoms with Crippen molar-refractivity contribution in [2.24, 2.45) is 5.73 Å². The summed E-state index contributed by atoms with van der Waals surface area (Å²) < 4.78 is 25.6. The molecule has 0 unspecified atom stereocenters. The third kappa shape index (κ3) is 5.18. The standard InChI is InChI=1S/C12H14F2N2OS/c13-9-4-3-8(6-10(9)14)7-12(17)16-5-1-2-11(15)18/h3-4,6H,1-2,5,7H2,(H2,15,18)(H,16,17). The van der Waals surface area contributed by atoms with E-state index < -0.39 is 11.6 Å². The van der Waals surface area contributed by atoms with Crippen molar-refractivity contribution in [3.05, 3.63) is 35.4 Å². The highest BCUT2D eigenvalue weighted by molar-refractivity contribution is 7.80. The number of amides is 1. The first kappa shape index (κ1) is 14.5. The summed E-state index contributed by atoms with van der Waals surface area (Å²) in [4.78, 5) is 11.9. The number of thiocarbonyl (C=S) groups is 1. The molecule has 0 saturated carbocycles. The van der Waals surface area contributed by atoms with Crippen LogP contribution in [0.15, 0.2) is 18.2 Å². The van der Waals surface area contributed by atoms with Gasteiger partial charge in [-0.3, -0.25) is 4.79 Å². The molecule has 0 spiro atoms. The predicted molar refractivity (Wildman–Crippen MR) is 69.1 cm³/mol. The number of rotatable bonds is 6. The zero-order chi connectivity index (χ0) is 13.5. The molecule has 1 rings (SSSR count). The molecule has 1 aromatic rings. The van der Waals surface area contributed by atoms with Crippen LogP contribution >= 0.6 is 12.2 Å². The van der Waals surface area contributed by atoms with Crippen LogP contribution in [0, 0.1) is 11.6 Å². The number of carbonyl (C=O) groups is 1. The van der Waals surface area contributed by atoms with Gasteiger partial charge in [0.2, 0.25) is 5.91 Å². The minimum absolute atomic E-state index is 0.0181. The maximum atomic E-state index is 12.9. The van der Waals surface area contributed by atoms with Gasteiger partial charge in [-0.05, 0) is 30.5 Å². The van der Waals surface area contributed by atoms with E-state index >= 15 is 0 Å². The molecule has 0 aliphatic rings. The van der Waals surface area contributed by atoms with Gasteiger partial charge in [-0.25, -0.2) is 8.78 Å². The lowest BCUT2D eigenvalue weighted by Gasteiger charge is -2.05. The van der Waals surface area contributed by atoms with Crippen LogP contribution < -0.4 is 11.1 Å². The van der Waals surface area contributed by atoms with Gasteiger partial charge in [-0.2, -0.15) is 0 Å². The third-order valence-electron chi connectivity index (χ3n) is 2.27. The van der Waals surface area contributed by atoms with E-state index in [1.165, 1.54) is 6.07 Å². The molecule has 1 aromatic carbocycles. The third-order valence-corrected chi connectivity index (χ3v) is 2.47. The highest BCUT2D eigenvalue weighted by Gasteiger charge is 2.06. The van der Waals surface area contributed by atoms with E-state index in [4.69, 9.17) is 18.0 Å². The van der Waals surface area contributed by atoms with E-state index in [1.807, 2.05) is 0 Å². The largest absolute Gasteiger partial charge is 0.393 e. The topological polar surface area (TPSA) is 55.1 Å². The van der Waals surface area contributed by atoms with Gasteiger partial charge in [0.05, 0.1) is 11.4 Å². The molecule has 0 heterocycles. The van der Waals surface area contributed by atoms with E-state index in [0.717, 1.165) is 12.1 Å². The Balaban J connectivity index is 2.35. The fourth-order valence-corrected chi connectivity index (χ4v) is 1.53. The molecule has 0 fully saturated rings. The van der Waals surface area contributed by atoms with Crippen LogP contribution in [-0.4, -0.2) is 17.4 Å². The van der Waals surface area contributed by atoms with Gasteiger partial charge < -0.3 is 11.1 Å². The van der Waals surface area contributed by atoms with E-state index in [2.05, 4.69) is 5.32 Å². The molecule has 0 aromatic heterocycles. The SMILES string of the molecule is NC(=S)CCCNC(=O)Cc1ccc(F)c(F)c1. The number of hydrogen-bond acceptors (Lipinski definition) is 2. The lowest BCUT2D eigenvalue weighted by Crippen LogP contribution is -2.26. The van der Waals surface area contributed by atoms with Crippen molar-refractivity contribution in [1.82, 2.24) is 5.32 Å². The molecule has 0 aliphatic carbocycles. The number of hydrogen-bond donors (Lipinski definition) is 2. The van der Waals surface area contributed by atoms with Gasteiger partial charge in [0, 0.05) is 6.54 Å². The van der Waals surface area contributed by atoms with E-state index in [-0.39, 0.29) is 12.3 Å². The second-order valence-corrected chi connectivity index (χ2v) is 4.37. The molecule has 18 heavy (non-hydrogen) atoms. The maximum absolute atomic E-state index is 12.9. The first-order chi connectivity index (χ1) is 8.49. The molecule has 1 amide bonds. The first-order valence-corrected chi connectivity index (χ1v) is 5.89. The summed E-state index contributed by atoms with van der Waals surface area (Å²) in [6.07, 6.45) is 1.25. The molecule has 3 nitrogen and oxygen atoms in total. The quantitative estimate of drug-likeness (QED) is 0.612. The number of nitrogens with two attached hydrogens (primary N) is 1. The predicted octanol–water partition coefficient (Wildman–Crippen LogP) is 1.69. The van der Waals surface area contributed by atoms with Crippen LogP contribution in [0.4, 0.5) is 8.78 Å². The normalized spacial score (nSPS) is 10.1. The highest BCUT2D eigenvalue weighted by atomic mass is 32.1. The molecule has 6 heteroatoms. The van der Waals surface area contributed by atoms with E-state index in [9.17, 15) is 13.6 Å². The van der Waals surface area contributed by atoms with Crippen molar-refractivity contribution < 1.29 is 13.6 Å². The Labute approximate surface area is 109 Å². The van der Waals surface area contributed by atoms with Crippen LogP contribution in [0.5, 0.6) is 0 Å². The van der Waals surface area contributed by atoms with Gasteiger partial charge in [0.25, 0.3) is 0 Å². The smallest absolute Gasteiger partial charge is 0.224 e. The Hall–Kier alpha value is -1.56. The van der Waals surface area contributed by atoms with Crippen LogP contribution in [0.3, 0.4) is 0 Å². The average Bonchev–Trinajstić information content (AvgIpc) is 2.29. The van der Waals surface area contributed by atoms with Crippen LogP contribution in [0.1, 0.15) is 18.4 Å². The van der Waals surface area contributed by atoms with Gasteiger partial charge in [0.1, 0.15) is 0 Å². The fraction of sp³-hybridized carbons (Fsp3) is 0.333. The molecular weight excluding hydrogens is 258 g/mol. The van der Waals surface area contributed by atoms with Gasteiger partial charge in [-0.15, -0.1) is 0 Å². The summed E-state index contributed by atoms with van der Waals surface area (Å²) in [5, 5.41) is 2.65. The van der Waals surface area contributed by atoms with Gasteiger partial charge in [0.15, 0.2) is 11.6 Å². The molecular formula is C12H14F2N2OS. The second kappa shape index (κ2) is 7.00. The highest BCUT2D eigenvalue weighted by Crippen LogP contribution is 2.09. The minimum atomic E-state index is -0.950. The lowest BCUT2D eigenvalue weighted by atomic mass is 10.1. The Morgan fingerprint density at radius 1 is 1.33 bits per heavy atom. The molecule has 98 valence electrons. The summed E-state index contributed by atoms with van der Waals surface area (Å²) in [5.74, 6) is -2.12. The minimum Gasteiger partial charge on any atom is -0.393 e. The van der Waals surface area contributed by atoms with Crippen molar-refractivity contribution >= 4 is 23.1 Å².